The second-order valence-electron chi connectivity index (χ2n) is 7.50. The Balaban J connectivity index is 1.78. The van der Waals surface area contributed by atoms with E-state index in [2.05, 4.69) is 26.8 Å². The van der Waals surface area contributed by atoms with Crippen LogP contribution in [0.25, 0.3) is 22.7 Å². The van der Waals surface area contributed by atoms with Crippen LogP contribution < -0.4 is 9.64 Å². The van der Waals surface area contributed by atoms with E-state index in [4.69, 9.17) is 9.72 Å². The van der Waals surface area contributed by atoms with Gasteiger partial charge >= 0.3 is 0 Å². The molecule has 1 atom stereocenters. The molecule has 1 aromatic carbocycles. The molecule has 29 heavy (non-hydrogen) atoms. The fourth-order valence-corrected chi connectivity index (χ4v) is 3.90. The molecule has 0 bridgehead atoms. The van der Waals surface area contributed by atoms with Crippen LogP contribution >= 0.6 is 0 Å². The molecule has 152 valence electrons. The number of hydrogen-bond donors (Lipinski definition) is 0. The third kappa shape index (κ3) is 3.42. The summed E-state index contributed by atoms with van der Waals surface area (Å²) in [7, 11) is 5.93. The first-order valence-electron chi connectivity index (χ1n) is 9.40. The number of rotatable bonds is 5. The summed E-state index contributed by atoms with van der Waals surface area (Å²) < 4.78 is 20.6. The smallest absolute Gasteiger partial charge is 0.298 e. The van der Waals surface area contributed by atoms with Crippen LogP contribution in [-0.2, 0) is 11.8 Å². The first-order valence-corrected chi connectivity index (χ1v) is 9.40. The second-order valence-corrected chi connectivity index (χ2v) is 7.50. The minimum Gasteiger partial charge on any atom is -0.428 e. The number of imidazole rings is 1. The van der Waals surface area contributed by atoms with Crippen molar-refractivity contribution in [2.75, 3.05) is 32.1 Å². The van der Waals surface area contributed by atoms with E-state index in [0.717, 1.165) is 25.3 Å². The van der Waals surface area contributed by atoms with Gasteiger partial charge in [0.2, 0.25) is 0 Å². The highest BCUT2D eigenvalue weighted by atomic mass is 19.1. The maximum absolute atomic E-state index is 13.8. The second kappa shape index (κ2) is 7.40. The fourth-order valence-electron chi connectivity index (χ4n) is 3.90. The highest BCUT2D eigenvalue weighted by Crippen LogP contribution is 2.34. The minimum absolute atomic E-state index is 0.113. The Morgan fingerprint density at radius 3 is 2.79 bits per heavy atom. The Morgan fingerprint density at radius 2 is 2.10 bits per heavy atom. The Morgan fingerprint density at radius 1 is 1.31 bits per heavy atom. The molecule has 0 amide bonds. The van der Waals surface area contributed by atoms with E-state index in [9.17, 15) is 9.18 Å². The largest absolute Gasteiger partial charge is 0.428 e. The quantitative estimate of drug-likeness (QED) is 0.610. The van der Waals surface area contributed by atoms with Gasteiger partial charge in [0.15, 0.2) is 11.3 Å². The van der Waals surface area contributed by atoms with Crippen molar-refractivity contribution in [3.8, 4) is 17.1 Å². The molecule has 9 heteroatoms. The van der Waals surface area contributed by atoms with Crippen LogP contribution in [0.15, 0.2) is 18.3 Å². The standard InChI is InChI=1S/C20H23FN6O2/c1-12-7-13(21)8-15(29-11-28)17(12)19-24-18-20(27(19)4)22-9-16(23-18)26(3)14-5-6-25(2)10-14/h7-9,11,14H,5-6,10H2,1-4H3/t14-/m1/s1. The van der Waals surface area contributed by atoms with Crippen LogP contribution in [0.4, 0.5) is 10.2 Å². The first-order chi connectivity index (χ1) is 13.9. The average Bonchev–Trinajstić information content (AvgIpc) is 3.24. The van der Waals surface area contributed by atoms with Crippen LogP contribution in [0.3, 0.4) is 0 Å². The van der Waals surface area contributed by atoms with Gasteiger partial charge in [0.1, 0.15) is 23.2 Å². The van der Waals surface area contributed by atoms with Crippen LogP contribution in [0.5, 0.6) is 5.75 Å². The van der Waals surface area contributed by atoms with Gasteiger partial charge in [0.05, 0.1) is 11.8 Å². The summed E-state index contributed by atoms with van der Waals surface area (Å²) in [4.78, 5) is 29.2. The third-order valence-electron chi connectivity index (χ3n) is 5.51. The number of halogens is 1. The van der Waals surface area contributed by atoms with Crippen molar-refractivity contribution in [2.24, 2.45) is 7.05 Å². The van der Waals surface area contributed by atoms with E-state index in [1.807, 2.05) is 14.1 Å². The number of carbonyl (C=O) groups is 1. The zero-order valence-corrected chi connectivity index (χ0v) is 16.9. The number of carbonyl (C=O) groups excluding carboxylic acids is 1. The molecule has 0 aliphatic carbocycles. The lowest BCUT2D eigenvalue weighted by molar-refractivity contribution is -0.120. The number of likely N-dealkylation sites (tertiary alicyclic amines) is 1. The Hall–Kier alpha value is -3.07. The number of fused-ring (bicyclic) bond motifs is 1. The summed E-state index contributed by atoms with van der Waals surface area (Å²) in [6.07, 6.45) is 2.81. The maximum atomic E-state index is 13.8. The predicted octanol–water partition coefficient (Wildman–Crippen LogP) is 2.15. The lowest BCUT2D eigenvalue weighted by Gasteiger charge is -2.24. The van der Waals surface area contributed by atoms with Gasteiger partial charge in [-0.05, 0) is 38.6 Å². The SMILES string of the molecule is Cc1cc(F)cc(OC=O)c1-c1nc2nc(N(C)[C@@H]3CCN(C)C3)cnc2n1C. The van der Waals surface area contributed by atoms with Crippen molar-refractivity contribution >= 4 is 23.6 Å². The van der Waals surface area contributed by atoms with Crippen LogP contribution in [-0.4, -0.2) is 64.1 Å². The van der Waals surface area contributed by atoms with Crippen molar-refractivity contribution < 1.29 is 13.9 Å². The van der Waals surface area contributed by atoms with Crippen molar-refractivity contribution in [1.82, 2.24) is 24.4 Å². The minimum atomic E-state index is -0.483. The summed E-state index contributed by atoms with van der Waals surface area (Å²) in [5, 5.41) is 0. The summed E-state index contributed by atoms with van der Waals surface area (Å²) in [6, 6.07) is 2.93. The topological polar surface area (TPSA) is 76.4 Å². The zero-order chi connectivity index (χ0) is 20.7. The van der Waals surface area contributed by atoms with Gasteiger partial charge < -0.3 is 19.1 Å². The monoisotopic (exact) mass is 398 g/mol. The highest BCUT2D eigenvalue weighted by Gasteiger charge is 2.25. The molecule has 0 spiro atoms. The number of ether oxygens (including phenoxy) is 1. The molecule has 3 heterocycles. The van der Waals surface area contributed by atoms with Gasteiger partial charge in [-0.25, -0.2) is 19.3 Å². The lowest BCUT2D eigenvalue weighted by atomic mass is 10.1. The van der Waals surface area contributed by atoms with Gasteiger partial charge in [-0.15, -0.1) is 0 Å². The van der Waals surface area contributed by atoms with E-state index >= 15 is 0 Å². The molecule has 2 aromatic heterocycles. The zero-order valence-electron chi connectivity index (χ0n) is 16.9. The summed E-state index contributed by atoms with van der Waals surface area (Å²) in [5.41, 5.74) is 2.22. The predicted molar refractivity (Wildman–Crippen MR) is 107 cm³/mol. The number of nitrogens with zero attached hydrogens (tertiary/aromatic N) is 6. The van der Waals surface area contributed by atoms with Gasteiger partial charge in [-0.1, -0.05) is 0 Å². The van der Waals surface area contributed by atoms with Gasteiger partial charge in [-0.2, -0.15) is 0 Å². The van der Waals surface area contributed by atoms with Crippen molar-refractivity contribution in [2.45, 2.75) is 19.4 Å². The molecular formula is C20H23FN6O2. The number of anilines is 1. The van der Waals surface area contributed by atoms with E-state index < -0.39 is 5.82 Å². The van der Waals surface area contributed by atoms with E-state index in [1.165, 1.54) is 12.1 Å². The van der Waals surface area contributed by atoms with E-state index in [1.54, 1.807) is 17.7 Å². The molecule has 1 aliphatic rings. The molecule has 1 saturated heterocycles. The lowest BCUT2D eigenvalue weighted by Crippen LogP contribution is -2.34. The first kappa shape index (κ1) is 19.3. The fraction of sp³-hybridized carbons (Fsp3) is 0.400. The molecule has 1 fully saturated rings. The number of hydrogen-bond acceptors (Lipinski definition) is 7. The number of benzene rings is 1. The molecule has 0 unspecified atom stereocenters. The van der Waals surface area contributed by atoms with Gasteiger partial charge in [-0.3, -0.25) is 4.79 Å². The molecule has 0 N–H and O–H groups in total. The molecule has 4 rings (SSSR count). The average molecular weight is 398 g/mol. The van der Waals surface area contributed by atoms with Crippen molar-refractivity contribution in [3.63, 3.8) is 0 Å². The van der Waals surface area contributed by atoms with Crippen LogP contribution in [0, 0.1) is 12.7 Å². The number of aromatic nitrogens is 4. The molecule has 0 saturated carbocycles. The summed E-state index contributed by atoms with van der Waals surface area (Å²) >= 11 is 0. The van der Waals surface area contributed by atoms with Crippen LogP contribution in [0.1, 0.15) is 12.0 Å². The summed E-state index contributed by atoms with van der Waals surface area (Å²) in [6.45, 7) is 4.06. The molecule has 1 aliphatic heterocycles. The molecular weight excluding hydrogens is 375 g/mol. The van der Waals surface area contributed by atoms with Crippen molar-refractivity contribution in [1.29, 1.82) is 0 Å². The molecule has 0 radical (unpaired) electrons. The molecule has 8 nitrogen and oxygen atoms in total. The van der Waals surface area contributed by atoms with Crippen LogP contribution in [0.2, 0.25) is 0 Å². The molecule has 3 aromatic rings. The Bertz CT molecular complexity index is 1080. The Kier molecular flexibility index (Phi) is 4.91. The normalized spacial score (nSPS) is 17.1. The van der Waals surface area contributed by atoms with Gasteiger partial charge in [0.25, 0.3) is 6.47 Å². The number of aryl methyl sites for hydroxylation is 2. The maximum Gasteiger partial charge on any atom is 0.298 e. The Labute approximate surface area is 167 Å². The van der Waals surface area contributed by atoms with E-state index in [0.29, 0.717) is 34.3 Å². The van der Waals surface area contributed by atoms with Gasteiger partial charge in [0, 0.05) is 32.7 Å². The summed E-state index contributed by atoms with van der Waals surface area (Å²) in [5.74, 6) is 0.892. The number of likely N-dealkylation sites (N-methyl/N-ethyl adjacent to an activating group) is 2. The van der Waals surface area contributed by atoms with Crippen molar-refractivity contribution in [3.05, 3.63) is 29.7 Å². The highest BCUT2D eigenvalue weighted by molar-refractivity contribution is 5.79. The van der Waals surface area contributed by atoms with E-state index in [-0.39, 0.29) is 12.2 Å². The third-order valence-corrected chi connectivity index (χ3v) is 5.51.